The SMILES string of the molecule is O=C(O)c1cnc(-c2ncc(Cl)s2)[nH]1. The molecule has 0 aliphatic carbocycles. The molecule has 5 nitrogen and oxygen atoms in total. The molecule has 2 aromatic heterocycles. The van der Waals surface area contributed by atoms with Crippen molar-refractivity contribution in [3.63, 3.8) is 0 Å². The Kier molecular flexibility index (Phi) is 2.22. The average Bonchev–Trinajstić information content (AvgIpc) is 2.70. The lowest BCUT2D eigenvalue weighted by Gasteiger charge is -1.86. The second kappa shape index (κ2) is 3.39. The van der Waals surface area contributed by atoms with E-state index in [1.165, 1.54) is 23.7 Å². The van der Waals surface area contributed by atoms with Gasteiger partial charge in [-0.15, -0.1) is 0 Å². The minimum Gasteiger partial charge on any atom is -0.477 e. The number of aromatic nitrogens is 3. The lowest BCUT2D eigenvalue weighted by molar-refractivity contribution is 0.0691. The fraction of sp³-hybridized carbons (Fsp3) is 0. The zero-order valence-corrected chi connectivity index (χ0v) is 8.26. The van der Waals surface area contributed by atoms with Crippen molar-refractivity contribution in [2.24, 2.45) is 0 Å². The number of hydrogen-bond donors (Lipinski definition) is 2. The van der Waals surface area contributed by atoms with Crippen LogP contribution < -0.4 is 0 Å². The van der Waals surface area contributed by atoms with Crippen molar-refractivity contribution < 1.29 is 9.90 Å². The number of imidazole rings is 1. The van der Waals surface area contributed by atoms with Gasteiger partial charge in [0.25, 0.3) is 0 Å². The Hall–Kier alpha value is -1.40. The van der Waals surface area contributed by atoms with Gasteiger partial charge in [-0.2, -0.15) is 0 Å². The molecule has 0 atom stereocenters. The number of H-pyrrole nitrogens is 1. The molecule has 0 saturated heterocycles. The van der Waals surface area contributed by atoms with E-state index in [4.69, 9.17) is 16.7 Å². The van der Waals surface area contributed by atoms with E-state index in [0.717, 1.165) is 0 Å². The van der Waals surface area contributed by atoms with Crippen molar-refractivity contribution in [2.45, 2.75) is 0 Å². The van der Waals surface area contributed by atoms with Crippen LogP contribution in [0.2, 0.25) is 4.34 Å². The molecule has 0 bridgehead atoms. The Balaban J connectivity index is 2.38. The first-order valence-corrected chi connectivity index (χ1v) is 4.76. The van der Waals surface area contributed by atoms with Crippen LogP contribution in [0.1, 0.15) is 10.5 Å². The molecule has 0 aromatic carbocycles. The average molecular weight is 230 g/mol. The molecule has 2 heterocycles. The standard InChI is InChI=1S/C7H4ClN3O2S/c8-4-2-10-6(14-4)5-9-1-3(11-5)7(12)13/h1-2H,(H,9,11)(H,12,13). The Morgan fingerprint density at radius 1 is 1.50 bits per heavy atom. The molecule has 2 rings (SSSR count). The van der Waals surface area contributed by atoms with Crippen molar-refractivity contribution in [1.29, 1.82) is 0 Å². The number of thiazole rings is 1. The van der Waals surface area contributed by atoms with Crippen LogP contribution >= 0.6 is 22.9 Å². The van der Waals surface area contributed by atoms with E-state index in [-0.39, 0.29) is 5.69 Å². The number of nitrogens with one attached hydrogen (secondary N) is 1. The topological polar surface area (TPSA) is 78.9 Å². The first-order chi connectivity index (χ1) is 6.66. The highest BCUT2D eigenvalue weighted by atomic mass is 35.5. The van der Waals surface area contributed by atoms with Gasteiger partial charge in [-0.05, 0) is 0 Å². The maximum Gasteiger partial charge on any atom is 0.353 e. The molecule has 2 aromatic rings. The summed E-state index contributed by atoms with van der Waals surface area (Å²) in [6, 6.07) is 0. The number of aromatic amines is 1. The van der Waals surface area contributed by atoms with Gasteiger partial charge in [-0.1, -0.05) is 22.9 Å². The lowest BCUT2D eigenvalue weighted by atomic mass is 10.5. The van der Waals surface area contributed by atoms with Crippen LogP contribution in [0.5, 0.6) is 0 Å². The Bertz CT molecular complexity index is 479. The van der Waals surface area contributed by atoms with Crippen molar-refractivity contribution in [1.82, 2.24) is 15.0 Å². The fourth-order valence-corrected chi connectivity index (χ4v) is 1.77. The molecule has 0 fully saturated rings. The number of nitrogens with zero attached hydrogens (tertiary/aromatic N) is 2. The van der Waals surface area contributed by atoms with Gasteiger partial charge < -0.3 is 10.1 Å². The monoisotopic (exact) mass is 229 g/mol. The zero-order valence-electron chi connectivity index (χ0n) is 6.69. The van der Waals surface area contributed by atoms with E-state index in [2.05, 4.69) is 15.0 Å². The van der Waals surface area contributed by atoms with Crippen molar-refractivity contribution in [2.75, 3.05) is 0 Å². The van der Waals surface area contributed by atoms with Gasteiger partial charge in [0, 0.05) is 0 Å². The predicted molar refractivity (Wildman–Crippen MR) is 51.7 cm³/mol. The Morgan fingerprint density at radius 3 is 2.79 bits per heavy atom. The third-order valence-corrected chi connectivity index (χ3v) is 2.61. The lowest BCUT2D eigenvalue weighted by Crippen LogP contribution is -1.95. The maximum atomic E-state index is 10.5. The van der Waals surface area contributed by atoms with E-state index in [0.29, 0.717) is 15.2 Å². The zero-order chi connectivity index (χ0) is 10.1. The van der Waals surface area contributed by atoms with Gasteiger partial charge in [-0.3, -0.25) is 0 Å². The van der Waals surface area contributed by atoms with Gasteiger partial charge in [-0.25, -0.2) is 14.8 Å². The second-order valence-electron chi connectivity index (χ2n) is 2.42. The van der Waals surface area contributed by atoms with Gasteiger partial charge in [0.05, 0.1) is 12.4 Å². The van der Waals surface area contributed by atoms with E-state index >= 15 is 0 Å². The number of carbonyl (C=O) groups is 1. The van der Waals surface area contributed by atoms with E-state index in [1.54, 1.807) is 0 Å². The van der Waals surface area contributed by atoms with Crippen LogP contribution in [0.3, 0.4) is 0 Å². The normalized spacial score (nSPS) is 10.4. The van der Waals surface area contributed by atoms with Crippen molar-refractivity contribution in [3.05, 3.63) is 22.4 Å². The minimum atomic E-state index is -1.05. The number of rotatable bonds is 2. The van der Waals surface area contributed by atoms with Crippen LogP contribution in [0.15, 0.2) is 12.4 Å². The molecule has 0 amide bonds. The molecule has 0 radical (unpaired) electrons. The molecule has 7 heteroatoms. The molecule has 0 spiro atoms. The van der Waals surface area contributed by atoms with Crippen LogP contribution in [0.4, 0.5) is 0 Å². The Morgan fingerprint density at radius 2 is 2.29 bits per heavy atom. The van der Waals surface area contributed by atoms with Crippen molar-refractivity contribution in [3.8, 4) is 10.8 Å². The third-order valence-electron chi connectivity index (χ3n) is 1.49. The number of carboxylic acids is 1. The summed E-state index contributed by atoms with van der Waals surface area (Å²) in [7, 11) is 0. The van der Waals surface area contributed by atoms with E-state index in [1.807, 2.05) is 0 Å². The van der Waals surface area contributed by atoms with Crippen LogP contribution in [0.25, 0.3) is 10.8 Å². The molecular weight excluding hydrogens is 226 g/mol. The third kappa shape index (κ3) is 1.61. The molecule has 0 aliphatic rings. The van der Waals surface area contributed by atoms with Gasteiger partial charge in [0.2, 0.25) is 0 Å². The summed E-state index contributed by atoms with van der Waals surface area (Å²) >= 11 is 6.91. The summed E-state index contributed by atoms with van der Waals surface area (Å²) in [5.41, 5.74) is 0.0336. The molecule has 0 saturated carbocycles. The summed E-state index contributed by atoms with van der Waals surface area (Å²) in [4.78, 5) is 21.0. The summed E-state index contributed by atoms with van der Waals surface area (Å²) in [5.74, 6) is -0.634. The van der Waals surface area contributed by atoms with Gasteiger partial charge in [0.15, 0.2) is 10.8 Å². The second-order valence-corrected chi connectivity index (χ2v) is 4.08. The number of halogens is 1. The van der Waals surface area contributed by atoms with Gasteiger partial charge in [0.1, 0.15) is 10.0 Å². The van der Waals surface area contributed by atoms with E-state index < -0.39 is 5.97 Å². The number of aromatic carboxylic acids is 1. The number of carboxylic acid groups (broad SMARTS) is 1. The molecule has 0 unspecified atom stereocenters. The highest BCUT2D eigenvalue weighted by Crippen LogP contribution is 2.25. The van der Waals surface area contributed by atoms with Crippen molar-refractivity contribution >= 4 is 28.9 Å². The maximum absolute atomic E-state index is 10.5. The fourth-order valence-electron chi connectivity index (χ4n) is 0.902. The highest BCUT2D eigenvalue weighted by molar-refractivity contribution is 7.18. The molecule has 14 heavy (non-hydrogen) atoms. The Labute approximate surface area is 87.4 Å². The molecule has 2 N–H and O–H groups in total. The quantitative estimate of drug-likeness (QED) is 0.824. The summed E-state index contributed by atoms with van der Waals surface area (Å²) in [6.07, 6.45) is 2.73. The minimum absolute atomic E-state index is 0.0336. The summed E-state index contributed by atoms with van der Waals surface area (Å²) < 4.78 is 0.535. The largest absolute Gasteiger partial charge is 0.477 e. The predicted octanol–water partition coefficient (Wildman–Crippen LogP) is 1.88. The van der Waals surface area contributed by atoms with Crippen LogP contribution in [-0.2, 0) is 0 Å². The highest BCUT2D eigenvalue weighted by Gasteiger charge is 2.11. The molecule has 0 aliphatic heterocycles. The summed E-state index contributed by atoms with van der Waals surface area (Å²) in [5, 5.41) is 9.21. The van der Waals surface area contributed by atoms with Crippen LogP contribution in [-0.4, -0.2) is 26.0 Å². The van der Waals surface area contributed by atoms with Gasteiger partial charge >= 0.3 is 5.97 Å². The smallest absolute Gasteiger partial charge is 0.353 e. The van der Waals surface area contributed by atoms with Crippen LogP contribution in [0, 0.1) is 0 Å². The summed E-state index contributed by atoms with van der Waals surface area (Å²) in [6.45, 7) is 0. The first-order valence-electron chi connectivity index (χ1n) is 3.57. The first kappa shape index (κ1) is 9.17. The molecular formula is C7H4ClN3O2S. The molecule has 72 valence electrons. The number of hydrogen-bond acceptors (Lipinski definition) is 4. The van der Waals surface area contributed by atoms with E-state index in [9.17, 15) is 4.79 Å².